The van der Waals surface area contributed by atoms with Crippen molar-refractivity contribution in [3.63, 3.8) is 0 Å². The standard InChI is InChI=1S/C13H4BrClF8N2O/c14-6-1-5(12(18,19)20)2-7(15)10(6)25-4-24-8(3-9(25)26)11(16,17)13(21,22)23/h1-4H. The number of alkyl halides is 8. The average Bonchev–Trinajstić information content (AvgIpc) is 2.45. The molecule has 0 bridgehead atoms. The van der Waals surface area contributed by atoms with Crippen LogP contribution < -0.4 is 5.56 Å². The van der Waals surface area contributed by atoms with Gasteiger partial charge in [0.2, 0.25) is 0 Å². The number of rotatable bonds is 2. The van der Waals surface area contributed by atoms with E-state index in [9.17, 15) is 39.9 Å². The van der Waals surface area contributed by atoms with Gasteiger partial charge in [-0.05, 0) is 28.1 Å². The third-order valence-electron chi connectivity index (χ3n) is 3.07. The fourth-order valence-electron chi connectivity index (χ4n) is 1.84. The van der Waals surface area contributed by atoms with Crippen LogP contribution in [0.1, 0.15) is 11.3 Å². The molecule has 0 aliphatic heterocycles. The topological polar surface area (TPSA) is 34.9 Å². The van der Waals surface area contributed by atoms with Gasteiger partial charge >= 0.3 is 18.3 Å². The molecular weight excluding hydrogens is 467 g/mol. The minimum absolute atomic E-state index is 0.0755. The summed E-state index contributed by atoms with van der Waals surface area (Å²) in [5.74, 6) is -5.38. The minimum Gasteiger partial charge on any atom is -0.269 e. The van der Waals surface area contributed by atoms with E-state index in [0.29, 0.717) is 23.0 Å². The fraction of sp³-hybridized carbons (Fsp3) is 0.231. The summed E-state index contributed by atoms with van der Waals surface area (Å²) in [7, 11) is 0. The number of halogens is 10. The largest absolute Gasteiger partial charge is 0.459 e. The maximum Gasteiger partial charge on any atom is 0.459 e. The zero-order chi connectivity index (χ0) is 20.1. The molecule has 13 heteroatoms. The van der Waals surface area contributed by atoms with Crippen molar-refractivity contribution in [1.29, 1.82) is 0 Å². The van der Waals surface area contributed by atoms with Gasteiger partial charge in [-0.2, -0.15) is 35.1 Å². The van der Waals surface area contributed by atoms with Crippen LogP contribution in [-0.4, -0.2) is 15.7 Å². The van der Waals surface area contributed by atoms with Crippen molar-refractivity contribution in [2.45, 2.75) is 18.3 Å². The van der Waals surface area contributed by atoms with E-state index in [1.165, 1.54) is 0 Å². The van der Waals surface area contributed by atoms with Crippen LogP contribution in [0.15, 0.2) is 33.8 Å². The molecule has 0 fully saturated rings. The van der Waals surface area contributed by atoms with Crippen LogP contribution in [-0.2, 0) is 12.1 Å². The summed E-state index contributed by atoms with van der Waals surface area (Å²) in [6.45, 7) is 0. The van der Waals surface area contributed by atoms with Crippen LogP contribution in [0.25, 0.3) is 5.69 Å². The van der Waals surface area contributed by atoms with Crippen molar-refractivity contribution in [1.82, 2.24) is 9.55 Å². The molecule has 1 heterocycles. The summed E-state index contributed by atoms with van der Waals surface area (Å²) in [6, 6.07) is 0.951. The lowest BCUT2D eigenvalue weighted by Gasteiger charge is -2.19. The van der Waals surface area contributed by atoms with Gasteiger partial charge in [-0.3, -0.25) is 9.36 Å². The fourth-order valence-corrected chi connectivity index (χ4v) is 2.92. The van der Waals surface area contributed by atoms with Gasteiger partial charge in [0.05, 0.1) is 16.3 Å². The lowest BCUT2D eigenvalue weighted by Crippen LogP contribution is -2.36. The smallest absolute Gasteiger partial charge is 0.269 e. The second-order valence-electron chi connectivity index (χ2n) is 4.84. The van der Waals surface area contributed by atoms with E-state index >= 15 is 0 Å². The molecule has 0 saturated carbocycles. The Bertz CT molecular complexity index is 883. The lowest BCUT2D eigenvalue weighted by atomic mass is 10.2. The van der Waals surface area contributed by atoms with Crippen molar-refractivity contribution in [2.75, 3.05) is 0 Å². The molecule has 26 heavy (non-hydrogen) atoms. The second-order valence-corrected chi connectivity index (χ2v) is 6.10. The van der Waals surface area contributed by atoms with E-state index in [0.717, 1.165) is 0 Å². The van der Waals surface area contributed by atoms with E-state index in [4.69, 9.17) is 11.6 Å². The number of hydrogen-bond donors (Lipinski definition) is 0. The highest BCUT2D eigenvalue weighted by Gasteiger charge is 2.60. The van der Waals surface area contributed by atoms with Gasteiger partial charge in [0.15, 0.2) is 0 Å². The quantitative estimate of drug-likeness (QED) is 0.556. The lowest BCUT2D eigenvalue weighted by molar-refractivity contribution is -0.291. The van der Waals surface area contributed by atoms with E-state index in [1.807, 2.05) is 0 Å². The molecule has 0 aliphatic rings. The Labute approximate surface area is 152 Å². The molecule has 0 amide bonds. The van der Waals surface area contributed by atoms with Crippen LogP contribution in [0.2, 0.25) is 5.02 Å². The van der Waals surface area contributed by atoms with Crippen molar-refractivity contribution in [2.24, 2.45) is 0 Å². The average molecular weight is 472 g/mol. The van der Waals surface area contributed by atoms with Gasteiger partial charge in [-0.25, -0.2) is 4.98 Å². The van der Waals surface area contributed by atoms with Crippen molar-refractivity contribution in [3.8, 4) is 5.69 Å². The predicted octanol–water partition coefficient (Wildman–Crippen LogP) is 5.32. The van der Waals surface area contributed by atoms with Gasteiger partial charge in [0.25, 0.3) is 5.56 Å². The first-order valence-corrected chi connectivity index (χ1v) is 7.43. The highest BCUT2D eigenvalue weighted by molar-refractivity contribution is 9.10. The number of benzene rings is 1. The molecule has 0 atom stereocenters. The summed E-state index contributed by atoms with van der Waals surface area (Å²) in [5.41, 5.74) is -4.83. The molecule has 2 rings (SSSR count). The van der Waals surface area contributed by atoms with E-state index in [1.54, 1.807) is 0 Å². The number of nitrogens with zero attached hydrogens (tertiary/aromatic N) is 2. The van der Waals surface area contributed by atoms with Gasteiger partial charge in [0.1, 0.15) is 12.0 Å². The number of aromatic nitrogens is 2. The zero-order valence-corrected chi connectivity index (χ0v) is 14.2. The summed E-state index contributed by atoms with van der Waals surface area (Å²) in [4.78, 5) is 14.8. The molecule has 1 aromatic heterocycles. The van der Waals surface area contributed by atoms with Gasteiger partial charge < -0.3 is 0 Å². The van der Waals surface area contributed by atoms with Crippen LogP contribution in [0, 0.1) is 0 Å². The van der Waals surface area contributed by atoms with E-state index in [-0.39, 0.29) is 10.5 Å². The molecule has 0 unspecified atom stereocenters. The zero-order valence-electron chi connectivity index (χ0n) is 11.9. The summed E-state index contributed by atoms with van der Waals surface area (Å²) in [6.07, 6.45) is -10.4. The Hall–Kier alpha value is -1.69. The van der Waals surface area contributed by atoms with Gasteiger partial charge in [-0.1, -0.05) is 11.6 Å². The monoisotopic (exact) mass is 470 g/mol. The Kier molecular flexibility index (Phi) is 5.14. The molecule has 0 N–H and O–H groups in total. The highest BCUT2D eigenvalue weighted by Crippen LogP contribution is 2.42. The minimum atomic E-state index is -5.98. The Morgan fingerprint density at radius 2 is 1.58 bits per heavy atom. The molecule has 142 valence electrons. The third-order valence-corrected chi connectivity index (χ3v) is 3.97. The van der Waals surface area contributed by atoms with Gasteiger partial charge in [0, 0.05) is 10.5 Å². The van der Waals surface area contributed by atoms with Crippen LogP contribution in [0.3, 0.4) is 0 Å². The van der Waals surface area contributed by atoms with E-state index < -0.39 is 45.8 Å². The maximum absolute atomic E-state index is 13.2. The van der Waals surface area contributed by atoms with Crippen molar-refractivity contribution in [3.05, 3.63) is 55.6 Å². The molecule has 1 aromatic carbocycles. The molecule has 3 nitrogen and oxygen atoms in total. The molecule has 0 aliphatic carbocycles. The Morgan fingerprint density at radius 1 is 1.00 bits per heavy atom. The maximum atomic E-state index is 13.2. The first kappa shape index (κ1) is 20.6. The first-order chi connectivity index (χ1) is 11.7. The highest BCUT2D eigenvalue weighted by atomic mass is 79.9. The summed E-state index contributed by atoms with van der Waals surface area (Å²) >= 11 is 8.45. The predicted molar refractivity (Wildman–Crippen MR) is 77.5 cm³/mol. The summed E-state index contributed by atoms with van der Waals surface area (Å²) in [5, 5.41) is -0.606. The molecule has 0 saturated heterocycles. The first-order valence-electron chi connectivity index (χ1n) is 6.26. The van der Waals surface area contributed by atoms with Crippen LogP contribution in [0.4, 0.5) is 35.1 Å². The Morgan fingerprint density at radius 3 is 2.00 bits per heavy atom. The number of hydrogen-bond acceptors (Lipinski definition) is 2. The second kappa shape index (κ2) is 6.48. The van der Waals surface area contributed by atoms with Gasteiger partial charge in [-0.15, -0.1) is 0 Å². The molecular formula is C13H4BrClF8N2O. The normalized spacial score (nSPS) is 13.2. The van der Waals surface area contributed by atoms with Crippen LogP contribution in [0.5, 0.6) is 0 Å². The third kappa shape index (κ3) is 3.70. The molecule has 0 spiro atoms. The molecule has 0 radical (unpaired) electrons. The SMILES string of the molecule is O=c1cc(C(F)(F)C(F)(F)F)ncn1-c1c(Cl)cc(C(F)(F)F)cc1Br. The van der Waals surface area contributed by atoms with E-state index in [2.05, 4.69) is 20.9 Å². The van der Waals surface area contributed by atoms with Crippen molar-refractivity contribution >= 4 is 27.5 Å². The Balaban J connectivity index is 2.61. The van der Waals surface area contributed by atoms with Crippen molar-refractivity contribution < 1.29 is 35.1 Å². The van der Waals surface area contributed by atoms with Crippen LogP contribution >= 0.6 is 27.5 Å². The summed E-state index contributed by atoms with van der Waals surface area (Å²) < 4.78 is 102. The molecule has 2 aromatic rings.